The molecule has 2 aromatic carbocycles. The molecule has 0 spiro atoms. The molecule has 0 bridgehead atoms. The van der Waals surface area contributed by atoms with E-state index in [0.29, 0.717) is 22.7 Å². The summed E-state index contributed by atoms with van der Waals surface area (Å²) in [6.07, 6.45) is 2.49. The van der Waals surface area contributed by atoms with E-state index in [0.717, 1.165) is 4.90 Å². The van der Waals surface area contributed by atoms with E-state index in [1.165, 1.54) is 30.5 Å². The van der Waals surface area contributed by atoms with Crippen LogP contribution >= 0.6 is 23.4 Å². The lowest BCUT2D eigenvalue weighted by Gasteiger charge is -2.13. The van der Waals surface area contributed by atoms with Crippen LogP contribution in [0, 0.1) is 0 Å². The van der Waals surface area contributed by atoms with Gasteiger partial charge in [0.25, 0.3) is 11.1 Å². The summed E-state index contributed by atoms with van der Waals surface area (Å²) in [7, 11) is 0. The minimum Gasteiger partial charge on any atom is -0.463 e. The third kappa shape index (κ3) is 5.13. The van der Waals surface area contributed by atoms with Crippen molar-refractivity contribution in [3.63, 3.8) is 0 Å². The molecule has 3 amide bonds. The summed E-state index contributed by atoms with van der Waals surface area (Å²) in [5, 5.41) is 2.35. The fourth-order valence-corrected chi connectivity index (χ4v) is 4.31. The lowest BCUT2D eigenvalue weighted by Crippen LogP contribution is -2.36. The molecule has 35 heavy (non-hydrogen) atoms. The quantitative estimate of drug-likeness (QED) is 0.383. The number of carbonyl (C=O) groups excluding carboxylic acids is 4. The molecule has 4 rings (SSSR count). The molecule has 1 saturated heterocycles. The van der Waals surface area contributed by atoms with Crippen molar-refractivity contribution in [2.45, 2.75) is 6.92 Å². The van der Waals surface area contributed by atoms with Crippen molar-refractivity contribution < 1.29 is 28.3 Å². The SMILES string of the molecule is CCOC(=O)c1cc(NC(=O)CN2C(=O)S/C(=C\c3coc4ccccc4c3=O)C2=O)ccc1Cl. The third-order valence-electron chi connectivity index (χ3n) is 4.91. The molecule has 1 N–H and O–H groups in total. The van der Waals surface area contributed by atoms with Crippen LogP contribution in [0.25, 0.3) is 17.0 Å². The number of ether oxygens (including phenoxy) is 1. The predicted molar refractivity (Wildman–Crippen MR) is 131 cm³/mol. The molecule has 1 fully saturated rings. The van der Waals surface area contributed by atoms with Gasteiger partial charge in [-0.25, -0.2) is 4.79 Å². The highest BCUT2D eigenvalue weighted by molar-refractivity contribution is 8.18. The zero-order chi connectivity index (χ0) is 25.1. The van der Waals surface area contributed by atoms with Crippen LogP contribution in [0.3, 0.4) is 0 Å². The number of thioether (sulfide) groups is 1. The van der Waals surface area contributed by atoms with Gasteiger partial charge in [-0.3, -0.25) is 24.1 Å². The average Bonchev–Trinajstić information content (AvgIpc) is 3.09. The van der Waals surface area contributed by atoms with Crippen LogP contribution in [-0.4, -0.2) is 41.1 Å². The van der Waals surface area contributed by atoms with Crippen molar-refractivity contribution in [3.8, 4) is 0 Å². The predicted octanol–water partition coefficient (Wildman–Crippen LogP) is 4.30. The van der Waals surface area contributed by atoms with Crippen molar-refractivity contribution in [1.29, 1.82) is 0 Å². The Hall–Kier alpha value is -3.89. The summed E-state index contributed by atoms with van der Waals surface area (Å²) in [6.45, 7) is 1.24. The molecular formula is C24H17ClN2O7S. The zero-order valence-corrected chi connectivity index (χ0v) is 19.8. The Balaban J connectivity index is 1.49. The summed E-state index contributed by atoms with van der Waals surface area (Å²) in [4.78, 5) is 63.1. The smallest absolute Gasteiger partial charge is 0.339 e. The van der Waals surface area contributed by atoms with Gasteiger partial charge in [-0.15, -0.1) is 0 Å². The number of carbonyl (C=O) groups is 4. The first kappa shape index (κ1) is 24.2. The van der Waals surface area contributed by atoms with Crippen molar-refractivity contribution in [1.82, 2.24) is 4.90 Å². The van der Waals surface area contributed by atoms with Crippen molar-refractivity contribution in [2.75, 3.05) is 18.5 Å². The van der Waals surface area contributed by atoms with Gasteiger partial charge in [0.1, 0.15) is 18.4 Å². The summed E-state index contributed by atoms with van der Waals surface area (Å²) in [6, 6.07) is 10.9. The van der Waals surface area contributed by atoms with Crippen LogP contribution in [0.5, 0.6) is 0 Å². The van der Waals surface area contributed by atoms with E-state index >= 15 is 0 Å². The van der Waals surface area contributed by atoms with E-state index in [1.54, 1.807) is 31.2 Å². The summed E-state index contributed by atoms with van der Waals surface area (Å²) >= 11 is 6.63. The Labute approximate surface area is 207 Å². The number of nitrogens with one attached hydrogen (secondary N) is 1. The number of nitrogens with zero attached hydrogens (tertiary/aromatic N) is 1. The Morgan fingerprint density at radius 1 is 1.17 bits per heavy atom. The van der Waals surface area contributed by atoms with E-state index in [-0.39, 0.29) is 38.8 Å². The van der Waals surface area contributed by atoms with Gasteiger partial charge in [-0.05, 0) is 55.1 Å². The lowest BCUT2D eigenvalue weighted by molar-refractivity contribution is -0.127. The molecule has 0 atom stereocenters. The van der Waals surface area contributed by atoms with Gasteiger partial charge in [0.15, 0.2) is 5.43 Å². The molecule has 1 aliphatic heterocycles. The molecule has 0 unspecified atom stereocenters. The number of fused-ring (bicyclic) bond motifs is 1. The Bertz CT molecular complexity index is 1460. The van der Waals surface area contributed by atoms with E-state index in [1.807, 2.05) is 0 Å². The van der Waals surface area contributed by atoms with Crippen LogP contribution in [-0.2, 0) is 14.3 Å². The van der Waals surface area contributed by atoms with Crippen molar-refractivity contribution >= 4 is 69.1 Å². The molecule has 178 valence electrons. The fourth-order valence-electron chi connectivity index (χ4n) is 3.28. The molecule has 1 aromatic heterocycles. The first-order valence-corrected chi connectivity index (χ1v) is 11.5. The number of rotatable bonds is 6. The molecule has 1 aliphatic rings. The maximum absolute atomic E-state index is 12.8. The second-order valence-electron chi connectivity index (χ2n) is 7.25. The van der Waals surface area contributed by atoms with Crippen LogP contribution in [0.15, 0.2) is 62.8 Å². The first-order valence-electron chi connectivity index (χ1n) is 10.3. The van der Waals surface area contributed by atoms with E-state index < -0.39 is 29.6 Å². The number of imide groups is 1. The van der Waals surface area contributed by atoms with E-state index in [2.05, 4.69) is 5.32 Å². The highest BCUT2D eigenvalue weighted by Crippen LogP contribution is 2.32. The van der Waals surface area contributed by atoms with Gasteiger partial charge in [0.05, 0.1) is 33.0 Å². The van der Waals surface area contributed by atoms with E-state index in [4.69, 9.17) is 20.8 Å². The van der Waals surface area contributed by atoms with Crippen LogP contribution in [0.1, 0.15) is 22.8 Å². The minimum absolute atomic E-state index is 0.0125. The van der Waals surface area contributed by atoms with Gasteiger partial charge < -0.3 is 14.5 Å². The van der Waals surface area contributed by atoms with Gasteiger partial charge in [-0.2, -0.15) is 0 Å². The molecule has 0 aliphatic carbocycles. The monoisotopic (exact) mass is 512 g/mol. The average molecular weight is 513 g/mol. The highest BCUT2D eigenvalue weighted by Gasteiger charge is 2.36. The van der Waals surface area contributed by atoms with Gasteiger partial charge in [0, 0.05) is 5.69 Å². The summed E-state index contributed by atoms with van der Waals surface area (Å²) in [5.74, 6) is -2.04. The second-order valence-corrected chi connectivity index (χ2v) is 8.65. The fraction of sp³-hybridized carbons (Fsp3) is 0.125. The molecular weight excluding hydrogens is 496 g/mol. The second kappa shape index (κ2) is 10.2. The number of hydrogen-bond donors (Lipinski definition) is 1. The summed E-state index contributed by atoms with van der Waals surface area (Å²) < 4.78 is 10.4. The molecule has 9 nitrogen and oxygen atoms in total. The number of esters is 1. The highest BCUT2D eigenvalue weighted by atomic mass is 35.5. The molecule has 0 saturated carbocycles. The Kier molecular flexibility index (Phi) is 7.04. The third-order valence-corrected chi connectivity index (χ3v) is 6.15. The standard InChI is InChI=1S/C24H17ClN2O7S/c1-2-33-23(31)16-10-14(7-8-17(16)25)26-20(28)11-27-22(30)19(35-24(27)32)9-13-12-34-18-6-4-3-5-15(18)21(13)29/h3-10,12H,2,11H2,1H3,(H,26,28)/b19-9-. The minimum atomic E-state index is -0.717. The molecule has 3 aromatic rings. The first-order chi connectivity index (χ1) is 16.8. The topological polar surface area (TPSA) is 123 Å². The number of anilines is 1. The number of amides is 3. The van der Waals surface area contributed by atoms with Gasteiger partial charge >= 0.3 is 5.97 Å². The number of halogens is 1. The Morgan fingerprint density at radius 2 is 1.94 bits per heavy atom. The van der Waals surface area contributed by atoms with E-state index in [9.17, 15) is 24.0 Å². The lowest BCUT2D eigenvalue weighted by atomic mass is 10.1. The molecule has 2 heterocycles. The zero-order valence-electron chi connectivity index (χ0n) is 18.2. The number of para-hydroxylation sites is 1. The molecule has 11 heteroatoms. The Morgan fingerprint density at radius 3 is 2.71 bits per heavy atom. The largest absolute Gasteiger partial charge is 0.463 e. The van der Waals surface area contributed by atoms with Crippen LogP contribution in [0.4, 0.5) is 10.5 Å². The maximum atomic E-state index is 12.8. The van der Waals surface area contributed by atoms with Crippen LogP contribution in [0.2, 0.25) is 5.02 Å². The van der Waals surface area contributed by atoms with Crippen LogP contribution < -0.4 is 10.7 Å². The number of benzene rings is 2. The maximum Gasteiger partial charge on any atom is 0.339 e. The number of hydrogen-bond acceptors (Lipinski definition) is 8. The normalized spacial score (nSPS) is 14.6. The van der Waals surface area contributed by atoms with Crippen molar-refractivity contribution in [2.24, 2.45) is 0 Å². The van der Waals surface area contributed by atoms with Gasteiger partial charge in [0.2, 0.25) is 5.91 Å². The molecule has 0 radical (unpaired) electrons. The summed E-state index contributed by atoms with van der Waals surface area (Å²) in [5.41, 5.74) is 0.448. The van der Waals surface area contributed by atoms with Crippen molar-refractivity contribution in [3.05, 3.63) is 80.0 Å². The van der Waals surface area contributed by atoms with Gasteiger partial charge in [-0.1, -0.05) is 23.7 Å².